The Morgan fingerprint density at radius 3 is 2.71 bits per heavy atom. The van der Waals surface area contributed by atoms with Gasteiger partial charge in [0, 0.05) is 32.4 Å². The molecule has 1 saturated heterocycles. The molecule has 1 aromatic heterocycles. The van der Waals surface area contributed by atoms with Gasteiger partial charge in [0.05, 0.1) is 44.0 Å². The summed E-state index contributed by atoms with van der Waals surface area (Å²) in [5.74, 6) is 0.231. The summed E-state index contributed by atoms with van der Waals surface area (Å²) in [5, 5.41) is -0.0484. The Bertz CT molecular complexity index is 1350. The van der Waals surface area contributed by atoms with Crippen molar-refractivity contribution >= 4 is 15.7 Å². The highest BCUT2D eigenvalue weighted by atomic mass is 32.2. The standard InChI is InChI=1S/C28H35N3O6S/c1-21-8-4-5-12-26(21)27(32)30(19-25-11-7-14-37-25)18-23-17-29-28(31(23)13-15-35-2)38(33,34)20-22-9-6-10-24(16-22)36-3/h4-6,8-10,12,16-17,25H,7,11,13-15,18-20H2,1-3H3/t25-/m1/s1. The molecule has 1 fully saturated rings. The number of amides is 1. The zero-order valence-corrected chi connectivity index (χ0v) is 22.9. The Kier molecular flexibility index (Phi) is 9.19. The maximum atomic E-state index is 13.7. The van der Waals surface area contributed by atoms with Crippen molar-refractivity contribution in [3.63, 3.8) is 0 Å². The molecule has 2 aromatic carbocycles. The highest BCUT2D eigenvalue weighted by Crippen LogP contribution is 2.23. The number of aromatic nitrogens is 2. The average Bonchev–Trinajstić information content (AvgIpc) is 3.57. The second-order valence-corrected chi connectivity index (χ2v) is 11.3. The number of sulfone groups is 1. The number of carbonyl (C=O) groups excluding carboxylic acids is 1. The van der Waals surface area contributed by atoms with E-state index in [1.54, 1.807) is 47.0 Å². The number of hydrogen-bond acceptors (Lipinski definition) is 7. The lowest BCUT2D eigenvalue weighted by Gasteiger charge is -2.27. The smallest absolute Gasteiger partial charge is 0.254 e. The first-order valence-electron chi connectivity index (χ1n) is 12.7. The van der Waals surface area contributed by atoms with E-state index in [1.807, 2.05) is 31.2 Å². The predicted molar refractivity (Wildman–Crippen MR) is 143 cm³/mol. The molecule has 0 spiro atoms. The molecule has 10 heteroatoms. The van der Waals surface area contributed by atoms with Gasteiger partial charge in [0.25, 0.3) is 5.91 Å². The van der Waals surface area contributed by atoms with Gasteiger partial charge in [-0.25, -0.2) is 13.4 Å². The number of ether oxygens (including phenoxy) is 3. The molecule has 0 unspecified atom stereocenters. The third-order valence-corrected chi connectivity index (χ3v) is 8.25. The van der Waals surface area contributed by atoms with Crippen molar-refractivity contribution in [3.8, 4) is 5.75 Å². The molecule has 0 saturated carbocycles. The molecule has 1 atom stereocenters. The maximum Gasteiger partial charge on any atom is 0.254 e. The number of methoxy groups -OCH3 is 2. The highest BCUT2D eigenvalue weighted by molar-refractivity contribution is 7.90. The van der Waals surface area contributed by atoms with Crippen LogP contribution in [0.25, 0.3) is 0 Å². The largest absolute Gasteiger partial charge is 0.497 e. The molecule has 1 amide bonds. The molecular formula is C28H35N3O6S. The van der Waals surface area contributed by atoms with E-state index in [2.05, 4.69) is 4.98 Å². The molecule has 0 N–H and O–H groups in total. The molecule has 3 aromatic rings. The molecule has 2 heterocycles. The normalized spacial score (nSPS) is 15.5. The van der Waals surface area contributed by atoms with Gasteiger partial charge >= 0.3 is 0 Å². The first-order valence-corrected chi connectivity index (χ1v) is 14.3. The van der Waals surface area contributed by atoms with Crippen LogP contribution >= 0.6 is 0 Å². The van der Waals surface area contributed by atoms with Crippen LogP contribution in [-0.2, 0) is 38.2 Å². The van der Waals surface area contributed by atoms with Crippen molar-refractivity contribution in [2.45, 2.75) is 49.9 Å². The van der Waals surface area contributed by atoms with E-state index < -0.39 is 9.84 Å². The van der Waals surface area contributed by atoms with Crippen LogP contribution in [0, 0.1) is 6.92 Å². The van der Waals surface area contributed by atoms with Crippen molar-refractivity contribution in [3.05, 3.63) is 77.1 Å². The van der Waals surface area contributed by atoms with Crippen LogP contribution in [0.2, 0.25) is 0 Å². The number of hydrogen-bond donors (Lipinski definition) is 0. The van der Waals surface area contributed by atoms with E-state index >= 15 is 0 Å². The molecule has 9 nitrogen and oxygen atoms in total. The van der Waals surface area contributed by atoms with Crippen LogP contribution in [-0.4, -0.2) is 68.9 Å². The monoisotopic (exact) mass is 541 g/mol. The van der Waals surface area contributed by atoms with Crippen LogP contribution in [0.15, 0.2) is 59.9 Å². The zero-order valence-electron chi connectivity index (χ0n) is 22.1. The van der Waals surface area contributed by atoms with Crippen LogP contribution in [0.4, 0.5) is 0 Å². The molecule has 38 heavy (non-hydrogen) atoms. The molecular weight excluding hydrogens is 506 g/mol. The quantitative estimate of drug-likeness (QED) is 0.345. The first kappa shape index (κ1) is 27.8. The van der Waals surface area contributed by atoms with Crippen molar-refractivity contribution in [2.24, 2.45) is 0 Å². The number of rotatable bonds is 12. The van der Waals surface area contributed by atoms with E-state index in [9.17, 15) is 13.2 Å². The fourth-order valence-electron chi connectivity index (χ4n) is 4.67. The third-order valence-electron chi connectivity index (χ3n) is 6.65. The third kappa shape index (κ3) is 6.61. The van der Waals surface area contributed by atoms with Crippen LogP contribution in [0.3, 0.4) is 0 Å². The maximum absolute atomic E-state index is 13.7. The Labute approximate surface area is 224 Å². The van der Waals surface area contributed by atoms with Gasteiger partial charge in [-0.3, -0.25) is 4.79 Å². The molecule has 204 valence electrons. The second kappa shape index (κ2) is 12.6. The zero-order chi connectivity index (χ0) is 27.1. The minimum Gasteiger partial charge on any atom is -0.497 e. The Hall–Kier alpha value is -3.21. The van der Waals surface area contributed by atoms with Gasteiger partial charge in [-0.05, 0) is 49.1 Å². The molecule has 0 radical (unpaired) electrons. The fraction of sp³-hybridized carbons (Fsp3) is 0.429. The van der Waals surface area contributed by atoms with E-state index in [0.717, 1.165) is 18.4 Å². The number of carbonyl (C=O) groups is 1. The Morgan fingerprint density at radius 1 is 1.18 bits per heavy atom. The summed E-state index contributed by atoms with van der Waals surface area (Å²) >= 11 is 0. The molecule has 0 aliphatic carbocycles. The summed E-state index contributed by atoms with van der Waals surface area (Å²) in [6, 6.07) is 14.4. The molecule has 1 aliphatic heterocycles. The van der Waals surface area contributed by atoms with Gasteiger partial charge in [0.15, 0.2) is 0 Å². The Morgan fingerprint density at radius 2 is 2.00 bits per heavy atom. The summed E-state index contributed by atoms with van der Waals surface area (Å²) in [5.41, 5.74) is 2.71. The second-order valence-electron chi connectivity index (χ2n) is 9.42. The van der Waals surface area contributed by atoms with Crippen molar-refractivity contribution in [1.82, 2.24) is 14.5 Å². The fourth-order valence-corrected chi connectivity index (χ4v) is 6.17. The van der Waals surface area contributed by atoms with Crippen LogP contribution in [0.5, 0.6) is 5.75 Å². The van der Waals surface area contributed by atoms with Crippen molar-refractivity contribution < 1.29 is 27.4 Å². The minimum absolute atomic E-state index is 0.0484. The summed E-state index contributed by atoms with van der Waals surface area (Å²) < 4.78 is 45.0. The number of imidazole rings is 1. The van der Waals surface area contributed by atoms with Gasteiger partial charge in [-0.1, -0.05) is 30.3 Å². The van der Waals surface area contributed by atoms with Gasteiger partial charge in [-0.15, -0.1) is 0 Å². The number of nitrogens with zero attached hydrogens (tertiary/aromatic N) is 3. The first-order chi connectivity index (χ1) is 18.3. The Balaban J connectivity index is 1.66. The lowest BCUT2D eigenvalue weighted by Crippen LogP contribution is -2.38. The topological polar surface area (TPSA) is 100.0 Å². The summed E-state index contributed by atoms with van der Waals surface area (Å²) in [7, 11) is -0.702. The lowest BCUT2D eigenvalue weighted by atomic mass is 10.1. The van der Waals surface area contributed by atoms with Crippen LogP contribution in [0.1, 0.15) is 40.0 Å². The lowest BCUT2D eigenvalue weighted by molar-refractivity contribution is 0.0500. The number of aryl methyl sites for hydroxylation is 1. The predicted octanol–water partition coefficient (Wildman–Crippen LogP) is 3.64. The highest BCUT2D eigenvalue weighted by Gasteiger charge is 2.28. The summed E-state index contributed by atoms with van der Waals surface area (Å²) in [4.78, 5) is 19.7. The summed E-state index contributed by atoms with van der Waals surface area (Å²) in [6.07, 6.45) is 3.31. The van der Waals surface area contributed by atoms with Crippen molar-refractivity contribution in [1.29, 1.82) is 0 Å². The van der Waals surface area contributed by atoms with Crippen molar-refractivity contribution in [2.75, 3.05) is 34.0 Å². The molecule has 4 rings (SSSR count). The summed E-state index contributed by atoms with van der Waals surface area (Å²) in [6.45, 7) is 3.76. The molecule has 0 bridgehead atoms. The van der Waals surface area contributed by atoms with Gasteiger partial charge in [0.1, 0.15) is 5.75 Å². The van der Waals surface area contributed by atoms with Gasteiger partial charge < -0.3 is 23.7 Å². The minimum atomic E-state index is -3.80. The van der Waals surface area contributed by atoms with Crippen LogP contribution < -0.4 is 4.74 Å². The SMILES string of the molecule is COCCn1c(CN(C[C@H]2CCCO2)C(=O)c2ccccc2C)cnc1S(=O)(=O)Cc1cccc(OC)c1. The van der Waals surface area contributed by atoms with E-state index in [-0.39, 0.29) is 36.0 Å². The number of benzene rings is 2. The van der Waals surface area contributed by atoms with E-state index in [4.69, 9.17) is 14.2 Å². The molecule has 1 aliphatic rings. The van der Waals surface area contributed by atoms with E-state index in [1.165, 1.54) is 7.11 Å². The van der Waals surface area contributed by atoms with E-state index in [0.29, 0.717) is 42.3 Å². The van der Waals surface area contributed by atoms with Gasteiger partial charge in [0.2, 0.25) is 15.0 Å². The average molecular weight is 542 g/mol. The van der Waals surface area contributed by atoms with Gasteiger partial charge in [-0.2, -0.15) is 0 Å².